The van der Waals surface area contributed by atoms with Gasteiger partial charge in [-0.2, -0.15) is 0 Å². The second kappa shape index (κ2) is 11.3. The molecule has 0 aliphatic rings. The summed E-state index contributed by atoms with van der Waals surface area (Å²) >= 11 is 0. The minimum atomic E-state index is -3.67. The Balaban J connectivity index is 1.60. The number of rotatable bonds is 9. The van der Waals surface area contributed by atoms with Gasteiger partial charge < -0.3 is 14.6 Å². The van der Waals surface area contributed by atoms with Crippen molar-refractivity contribution in [1.82, 2.24) is 9.55 Å². The fourth-order valence-electron chi connectivity index (χ4n) is 4.06. The van der Waals surface area contributed by atoms with Crippen LogP contribution in [0.5, 0.6) is 5.75 Å². The second-order valence-corrected chi connectivity index (χ2v) is 13.3. The molecule has 0 spiro atoms. The number of anilines is 2. The van der Waals surface area contributed by atoms with Gasteiger partial charge in [-0.1, -0.05) is 0 Å². The van der Waals surface area contributed by atoms with Crippen molar-refractivity contribution in [1.29, 1.82) is 0 Å². The van der Waals surface area contributed by atoms with Crippen molar-refractivity contribution >= 4 is 37.1 Å². The summed E-state index contributed by atoms with van der Waals surface area (Å²) in [5.74, 6) is -1.99. The molecule has 0 aliphatic heterocycles. The number of ether oxygens (including phenoxy) is 1. The van der Waals surface area contributed by atoms with Crippen molar-refractivity contribution in [3.63, 3.8) is 0 Å². The molecule has 41 heavy (non-hydrogen) atoms. The fraction of sp³-hybridized carbons (Fsp3) is 0.185. The van der Waals surface area contributed by atoms with E-state index in [1.807, 2.05) is 0 Å². The number of carbonyl (C=O) groups is 1. The first-order chi connectivity index (χ1) is 19.1. The smallest absolute Gasteiger partial charge is 0.257 e. The van der Waals surface area contributed by atoms with E-state index in [9.17, 15) is 30.4 Å². The Bertz CT molecular complexity index is 1870. The molecule has 0 saturated heterocycles. The molecule has 10 nitrogen and oxygen atoms in total. The van der Waals surface area contributed by atoms with Gasteiger partial charge in [0.25, 0.3) is 5.91 Å². The summed E-state index contributed by atoms with van der Waals surface area (Å²) in [5.41, 5.74) is 2.36. The van der Waals surface area contributed by atoms with Crippen LogP contribution in [0.1, 0.15) is 21.5 Å². The van der Waals surface area contributed by atoms with Crippen LogP contribution in [-0.2, 0) is 33.5 Å². The summed E-state index contributed by atoms with van der Waals surface area (Å²) in [7, 11) is -5.55. The number of benzene rings is 2. The van der Waals surface area contributed by atoms with Crippen LogP contribution in [0.3, 0.4) is 0 Å². The van der Waals surface area contributed by atoms with Crippen LogP contribution in [0, 0.1) is 18.6 Å². The molecule has 2 aromatic heterocycles. The molecule has 0 fully saturated rings. The number of pyridine rings is 1. The van der Waals surface area contributed by atoms with E-state index in [4.69, 9.17) is 4.74 Å². The molecular formula is C27H26F2N4O6S2. The number of nitrogens with one attached hydrogen (secondary N) is 2. The van der Waals surface area contributed by atoms with E-state index in [-0.39, 0.29) is 39.8 Å². The molecule has 0 radical (unpaired) electrons. The molecule has 0 aliphatic carbocycles. The number of amides is 1. The van der Waals surface area contributed by atoms with Crippen LogP contribution >= 0.6 is 0 Å². The fourth-order valence-corrected chi connectivity index (χ4v) is 5.30. The van der Waals surface area contributed by atoms with Crippen molar-refractivity contribution in [3.8, 4) is 17.1 Å². The molecule has 4 rings (SSSR count). The largest absolute Gasteiger partial charge is 0.486 e. The average Bonchev–Trinajstić information content (AvgIpc) is 3.22. The van der Waals surface area contributed by atoms with Crippen LogP contribution in [0.25, 0.3) is 11.4 Å². The maximum absolute atomic E-state index is 14.1. The van der Waals surface area contributed by atoms with E-state index < -0.39 is 37.4 Å². The Kier molecular flexibility index (Phi) is 8.17. The van der Waals surface area contributed by atoms with E-state index >= 15 is 0 Å². The molecule has 2 aromatic carbocycles. The molecule has 216 valence electrons. The van der Waals surface area contributed by atoms with E-state index in [0.29, 0.717) is 16.9 Å². The van der Waals surface area contributed by atoms with Crippen molar-refractivity contribution in [3.05, 3.63) is 89.2 Å². The van der Waals surface area contributed by atoms with E-state index in [1.165, 1.54) is 24.4 Å². The summed E-state index contributed by atoms with van der Waals surface area (Å²) in [6.45, 7) is 1.46. The third-order valence-electron chi connectivity index (χ3n) is 5.72. The zero-order chi connectivity index (χ0) is 30.1. The van der Waals surface area contributed by atoms with Crippen molar-refractivity contribution in [2.45, 2.75) is 18.4 Å². The lowest BCUT2D eigenvalue weighted by Crippen LogP contribution is -2.13. The lowest BCUT2D eigenvalue weighted by molar-refractivity contribution is 0.102. The number of aromatic nitrogens is 2. The van der Waals surface area contributed by atoms with Gasteiger partial charge >= 0.3 is 0 Å². The van der Waals surface area contributed by atoms with Gasteiger partial charge in [0.2, 0.25) is 10.0 Å². The summed E-state index contributed by atoms with van der Waals surface area (Å²) < 4.78 is 84.8. The Morgan fingerprint density at radius 1 is 0.951 bits per heavy atom. The highest BCUT2D eigenvalue weighted by molar-refractivity contribution is 7.92. The summed E-state index contributed by atoms with van der Waals surface area (Å²) in [5, 5.41) is 2.73. The minimum absolute atomic E-state index is 0.0153. The highest BCUT2D eigenvalue weighted by atomic mass is 32.2. The maximum atomic E-state index is 14.1. The molecule has 0 bridgehead atoms. The SMILES string of the molecule is Cc1cc(NC(=O)c2cc(-c3ncc(F)cc3OCc3cc(F)cc(S(C)(=O)=O)c3)n(C)c2)cc(NS(C)(=O)=O)c1. The van der Waals surface area contributed by atoms with Crippen LogP contribution in [0.2, 0.25) is 0 Å². The van der Waals surface area contributed by atoms with E-state index in [1.54, 1.807) is 30.7 Å². The Hall–Kier alpha value is -4.30. The Labute approximate surface area is 236 Å². The lowest BCUT2D eigenvalue weighted by atomic mass is 10.2. The van der Waals surface area contributed by atoms with Crippen LogP contribution in [0.4, 0.5) is 20.2 Å². The van der Waals surface area contributed by atoms with Crippen molar-refractivity contribution < 1.29 is 35.1 Å². The first-order valence-electron chi connectivity index (χ1n) is 11.9. The highest BCUT2D eigenvalue weighted by Gasteiger charge is 2.19. The zero-order valence-corrected chi connectivity index (χ0v) is 24.0. The Morgan fingerprint density at radius 2 is 1.66 bits per heavy atom. The molecule has 2 heterocycles. The van der Waals surface area contributed by atoms with Crippen LogP contribution in [0.15, 0.2) is 65.8 Å². The third kappa shape index (κ3) is 7.67. The van der Waals surface area contributed by atoms with Gasteiger partial charge in [0.15, 0.2) is 15.6 Å². The summed E-state index contributed by atoms with van der Waals surface area (Å²) in [6.07, 6.45) is 4.47. The number of halogens is 2. The van der Waals surface area contributed by atoms with E-state index in [2.05, 4.69) is 15.0 Å². The number of sulfonamides is 1. The predicted octanol–water partition coefficient (Wildman–Crippen LogP) is 4.28. The molecule has 0 atom stereocenters. The van der Waals surface area contributed by atoms with Crippen LogP contribution < -0.4 is 14.8 Å². The zero-order valence-electron chi connectivity index (χ0n) is 22.4. The maximum Gasteiger partial charge on any atom is 0.257 e. The first kappa shape index (κ1) is 29.7. The normalized spacial score (nSPS) is 11.8. The van der Waals surface area contributed by atoms with Gasteiger partial charge in [0.05, 0.1) is 34.3 Å². The number of hydrogen-bond acceptors (Lipinski definition) is 7. The topological polar surface area (TPSA) is 136 Å². The number of carbonyl (C=O) groups excluding carboxylic acids is 1. The Morgan fingerprint density at radius 3 is 2.34 bits per heavy atom. The number of hydrogen-bond donors (Lipinski definition) is 2. The standard InChI is InChI=1S/C27H26F2N4O6S2/c1-16-5-21(12-22(6-16)32-41(4,37)38)31-27(34)18-9-24(33(2)14-18)26-25(11-20(29)13-30-26)39-15-17-7-19(28)10-23(8-17)40(3,35)36/h5-14,32H,15H2,1-4H3,(H,31,34). The molecule has 0 saturated carbocycles. The van der Waals surface area contributed by atoms with Gasteiger partial charge in [0, 0.05) is 31.3 Å². The molecular weight excluding hydrogens is 578 g/mol. The molecule has 1 amide bonds. The summed E-state index contributed by atoms with van der Waals surface area (Å²) in [6, 6.07) is 10.6. The van der Waals surface area contributed by atoms with Crippen molar-refractivity contribution in [2.24, 2.45) is 7.05 Å². The van der Waals surface area contributed by atoms with Crippen LogP contribution in [-0.4, -0.2) is 44.8 Å². The first-order valence-corrected chi connectivity index (χ1v) is 15.7. The van der Waals surface area contributed by atoms with Gasteiger partial charge in [-0.05, 0) is 60.5 Å². The highest BCUT2D eigenvalue weighted by Crippen LogP contribution is 2.31. The van der Waals surface area contributed by atoms with Crippen molar-refractivity contribution in [2.75, 3.05) is 22.6 Å². The summed E-state index contributed by atoms with van der Waals surface area (Å²) in [4.78, 5) is 17.0. The minimum Gasteiger partial charge on any atom is -0.486 e. The molecule has 2 N–H and O–H groups in total. The number of sulfone groups is 1. The lowest BCUT2D eigenvalue weighted by Gasteiger charge is -2.12. The average molecular weight is 605 g/mol. The van der Waals surface area contributed by atoms with Gasteiger partial charge in [0.1, 0.15) is 23.9 Å². The van der Waals surface area contributed by atoms with E-state index in [0.717, 1.165) is 36.9 Å². The molecule has 0 unspecified atom stereocenters. The van der Waals surface area contributed by atoms with Gasteiger partial charge in [-0.25, -0.2) is 30.6 Å². The monoisotopic (exact) mass is 604 g/mol. The number of aryl methyl sites for hydroxylation is 2. The quantitative estimate of drug-likeness (QED) is 0.291. The number of nitrogens with zero attached hydrogens (tertiary/aromatic N) is 2. The van der Waals surface area contributed by atoms with Gasteiger partial charge in [-0.15, -0.1) is 0 Å². The predicted molar refractivity (Wildman–Crippen MR) is 150 cm³/mol. The van der Waals surface area contributed by atoms with Gasteiger partial charge in [-0.3, -0.25) is 9.52 Å². The third-order valence-corrected chi connectivity index (χ3v) is 7.42. The second-order valence-electron chi connectivity index (χ2n) is 9.50. The molecule has 4 aromatic rings. The molecule has 14 heteroatoms.